The molecule has 0 atom stereocenters. The molecule has 0 aromatic heterocycles. The topological polar surface area (TPSA) is 0 Å². The Labute approximate surface area is 106 Å². The summed E-state index contributed by atoms with van der Waals surface area (Å²) in [5.41, 5.74) is 1.53. The summed E-state index contributed by atoms with van der Waals surface area (Å²) in [7, 11) is 0. The predicted octanol–water partition coefficient (Wildman–Crippen LogP) is 4.93. The third kappa shape index (κ3) is 2.42. The Balaban J connectivity index is 2.61. The summed E-state index contributed by atoms with van der Waals surface area (Å²) >= 11 is 0. The Kier molecular flexibility index (Phi) is 3.20. The molecule has 0 amide bonds. The first-order valence-corrected chi connectivity index (χ1v) is 5.94. The first-order valence-electron chi connectivity index (χ1n) is 5.94. The maximum absolute atomic E-state index is 13.9. The molecule has 0 bridgehead atoms. The lowest BCUT2D eigenvalue weighted by molar-refractivity contribution is 0.582. The van der Waals surface area contributed by atoms with Gasteiger partial charge in [0.05, 0.1) is 0 Å². The molecule has 0 saturated carbocycles. The number of hydrogen-bond acceptors (Lipinski definition) is 0. The molecule has 0 radical (unpaired) electrons. The zero-order valence-corrected chi connectivity index (χ0v) is 10.8. The number of halogens is 2. The Bertz CT molecular complexity index is 566. The molecule has 0 spiro atoms. The first kappa shape index (κ1) is 12.7. The fourth-order valence-electron chi connectivity index (χ4n) is 1.88. The van der Waals surface area contributed by atoms with Gasteiger partial charge in [-0.05, 0) is 29.2 Å². The summed E-state index contributed by atoms with van der Waals surface area (Å²) in [5.74, 6) is -0.796. The highest BCUT2D eigenvalue weighted by Crippen LogP contribution is 2.30. The van der Waals surface area contributed by atoms with Crippen LogP contribution in [0.5, 0.6) is 0 Å². The van der Waals surface area contributed by atoms with Crippen LogP contribution in [0.25, 0.3) is 11.1 Å². The molecule has 0 aliphatic carbocycles. The molecule has 2 aromatic rings. The van der Waals surface area contributed by atoms with Gasteiger partial charge in [0.25, 0.3) is 0 Å². The van der Waals surface area contributed by atoms with Crippen LogP contribution < -0.4 is 0 Å². The molecule has 0 unspecified atom stereocenters. The highest BCUT2D eigenvalue weighted by atomic mass is 19.1. The summed E-state index contributed by atoms with van der Waals surface area (Å²) in [5, 5.41) is 0. The summed E-state index contributed by atoms with van der Waals surface area (Å²) in [6, 6.07) is 11.1. The third-order valence-corrected chi connectivity index (χ3v) is 3.00. The van der Waals surface area contributed by atoms with E-state index in [1.54, 1.807) is 30.3 Å². The van der Waals surface area contributed by atoms with Gasteiger partial charge in [0.1, 0.15) is 11.6 Å². The van der Waals surface area contributed by atoms with E-state index in [4.69, 9.17) is 0 Å². The second-order valence-electron chi connectivity index (χ2n) is 5.42. The maximum atomic E-state index is 13.9. The highest BCUT2D eigenvalue weighted by molar-refractivity contribution is 5.66. The van der Waals surface area contributed by atoms with Crippen molar-refractivity contribution in [2.24, 2.45) is 0 Å². The van der Waals surface area contributed by atoms with E-state index >= 15 is 0 Å². The molecule has 0 heterocycles. The fraction of sp³-hybridized carbons (Fsp3) is 0.250. The SMILES string of the molecule is CC(C)(C)c1ccc(F)c(-c2ccccc2F)c1. The van der Waals surface area contributed by atoms with Gasteiger partial charge in [0.15, 0.2) is 0 Å². The van der Waals surface area contributed by atoms with Crippen LogP contribution >= 0.6 is 0 Å². The molecule has 0 saturated heterocycles. The van der Waals surface area contributed by atoms with Crippen LogP contribution in [-0.2, 0) is 5.41 Å². The molecular formula is C16H16F2. The van der Waals surface area contributed by atoms with Crippen molar-refractivity contribution < 1.29 is 8.78 Å². The summed E-state index contributed by atoms with van der Waals surface area (Å²) in [4.78, 5) is 0. The van der Waals surface area contributed by atoms with Crippen molar-refractivity contribution in [3.63, 3.8) is 0 Å². The Morgan fingerprint density at radius 3 is 2.00 bits per heavy atom. The van der Waals surface area contributed by atoms with E-state index in [0.29, 0.717) is 11.1 Å². The van der Waals surface area contributed by atoms with Crippen LogP contribution in [0.1, 0.15) is 26.3 Å². The minimum Gasteiger partial charge on any atom is -0.206 e. The zero-order chi connectivity index (χ0) is 13.3. The molecule has 2 aromatic carbocycles. The van der Waals surface area contributed by atoms with Crippen molar-refractivity contribution in [1.29, 1.82) is 0 Å². The average molecular weight is 246 g/mol. The van der Waals surface area contributed by atoms with E-state index in [-0.39, 0.29) is 5.41 Å². The second-order valence-corrected chi connectivity index (χ2v) is 5.42. The Morgan fingerprint density at radius 1 is 0.778 bits per heavy atom. The van der Waals surface area contributed by atoms with Crippen LogP contribution in [-0.4, -0.2) is 0 Å². The van der Waals surface area contributed by atoms with Gasteiger partial charge in [0.2, 0.25) is 0 Å². The minimum absolute atomic E-state index is 0.0896. The van der Waals surface area contributed by atoms with Crippen LogP contribution in [0.3, 0.4) is 0 Å². The number of hydrogen-bond donors (Lipinski definition) is 0. The molecule has 0 aliphatic heterocycles. The van der Waals surface area contributed by atoms with Crippen molar-refractivity contribution in [1.82, 2.24) is 0 Å². The van der Waals surface area contributed by atoms with Crippen molar-refractivity contribution >= 4 is 0 Å². The molecule has 0 aliphatic rings. The summed E-state index contributed by atoms with van der Waals surface area (Å²) in [6.07, 6.45) is 0. The first-order chi connectivity index (χ1) is 8.39. The van der Waals surface area contributed by atoms with E-state index in [2.05, 4.69) is 0 Å². The summed E-state index contributed by atoms with van der Waals surface area (Å²) < 4.78 is 27.6. The van der Waals surface area contributed by atoms with Gasteiger partial charge < -0.3 is 0 Å². The third-order valence-electron chi connectivity index (χ3n) is 3.00. The molecular weight excluding hydrogens is 230 g/mol. The van der Waals surface area contributed by atoms with Crippen LogP contribution in [0.2, 0.25) is 0 Å². The van der Waals surface area contributed by atoms with Crippen molar-refractivity contribution in [3.8, 4) is 11.1 Å². The zero-order valence-electron chi connectivity index (χ0n) is 10.8. The lowest BCUT2D eigenvalue weighted by Gasteiger charge is -2.20. The second kappa shape index (κ2) is 4.52. The largest absolute Gasteiger partial charge is 0.206 e. The molecule has 0 fully saturated rings. The van der Waals surface area contributed by atoms with Gasteiger partial charge in [-0.25, -0.2) is 8.78 Å². The monoisotopic (exact) mass is 246 g/mol. The van der Waals surface area contributed by atoms with E-state index in [1.165, 1.54) is 12.1 Å². The van der Waals surface area contributed by atoms with E-state index in [1.807, 2.05) is 20.8 Å². The van der Waals surface area contributed by atoms with Crippen molar-refractivity contribution in [2.75, 3.05) is 0 Å². The van der Waals surface area contributed by atoms with Gasteiger partial charge >= 0.3 is 0 Å². The van der Waals surface area contributed by atoms with Crippen LogP contribution in [0, 0.1) is 11.6 Å². The van der Waals surface area contributed by atoms with Crippen molar-refractivity contribution in [2.45, 2.75) is 26.2 Å². The molecule has 0 N–H and O–H groups in total. The molecule has 2 heteroatoms. The van der Waals surface area contributed by atoms with Crippen LogP contribution in [0.15, 0.2) is 42.5 Å². The van der Waals surface area contributed by atoms with Gasteiger partial charge in [0, 0.05) is 11.1 Å². The normalized spacial score (nSPS) is 11.6. The number of rotatable bonds is 1. The average Bonchev–Trinajstić information content (AvgIpc) is 2.29. The molecule has 2 rings (SSSR count). The molecule has 18 heavy (non-hydrogen) atoms. The standard InChI is InChI=1S/C16H16F2/c1-16(2,3)11-8-9-15(18)13(10-11)12-6-4-5-7-14(12)17/h4-10H,1-3H3. The maximum Gasteiger partial charge on any atom is 0.131 e. The quantitative estimate of drug-likeness (QED) is 0.669. The lowest BCUT2D eigenvalue weighted by Crippen LogP contribution is -2.11. The van der Waals surface area contributed by atoms with Crippen LogP contribution in [0.4, 0.5) is 8.78 Å². The Hall–Kier alpha value is -1.70. The highest BCUT2D eigenvalue weighted by Gasteiger charge is 2.17. The fourth-order valence-corrected chi connectivity index (χ4v) is 1.88. The van der Waals surface area contributed by atoms with Crippen molar-refractivity contribution in [3.05, 3.63) is 59.7 Å². The molecule has 94 valence electrons. The number of benzene rings is 2. The van der Waals surface area contributed by atoms with E-state index < -0.39 is 11.6 Å². The van der Waals surface area contributed by atoms with Gasteiger partial charge in [-0.15, -0.1) is 0 Å². The Morgan fingerprint density at radius 2 is 1.39 bits per heavy atom. The predicted molar refractivity (Wildman–Crippen MR) is 70.5 cm³/mol. The van der Waals surface area contributed by atoms with Gasteiger partial charge in [-0.2, -0.15) is 0 Å². The van der Waals surface area contributed by atoms with Gasteiger partial charge in [-0.1, -0.05) is 45.0 Å². The lowest BCUT2D eigenvalue weighted by atomic mass is 9.85. The summed E-state index contributed by atoms with van der Waals surface area (Å²) in [6.45, 7) is 6.14. The van der Waals surface area contributed by atoms with E-state index in [0.717, 1.165) is 5.56 Å². The smallest absolute Gasteiger partial charge is 0.131 e. The van der Waals surface area contributed by atoms with Gasteiger partial charge in [-0.3, -0.25) is 0 Å². The van der Waals surface area contributed by atoms with E-state index in [9.17, 15) is 8.78 Å². The minimum atomic E-state index is -0.401. The molecule has 0 nitrogen and oxygen atoms in total.